The fourth-order valence-electron chi connectivity index (χ4n) is 1.44. The highest BCUT2D eigenvalue weighted by Gasteiger charge is 2.17. The Labute approximate surface area is 89.2 Å². The van der Waals surface area contributed by atoms with E-state index in [1.807, 2.05) is 18.7 Å². The molecule has 0 aliphatic rings. The van der Waals surface area contributed by atoms with Gasteiger partial charge < -0.3 is 10.1 Å². The van der Waals surface area contributed by atoms with E-state index in [-0.39, 0.29) is 6.04 Å². The SMILES string of the molecule is CCn1ncc(Cl)c1C(COC)NC. The van der Waals surface area contributed by atoms with Crippen molar-refractivity contribution in [3.8, 4) is 0 Å². The largest absolute Gasteiger partial charge is 0.383 e. The van der Waals surface area contributed by atoms with E-state index in [0.717, 1.165) is 12.2 Å². The summed E-state index contributed by atoms with van der Waals surface area (Å²) < 4.78 is 6.99. The summed E-state index contributed by atoms with van der Waals surface area (Å²) in [5, 5.41) is 8.01. The zero-order chi connectivity index (χ0) is 10.6. The molecule has 0 radical (unpaired) electrons. The van der Waals surface area contributed by atoms with Gasteiger partial charge in [-0.05, 0) is 14.0 Å². The summed E-state index contributed by atoms with van der Waals surface area (Å²) in [4.78, 5) is 0. The number of aryl methyl sites for hydroxylation is 1. The molecule has 0 fully saturated rings. The molecule has 1 aromatic rings. The first kappa shape index (κ1) is 11.5. The summed E-state index contributed by atoms with van der Waals surface area (Å²) in [7, 11) is 3.55. The van der Waals surface area contributed by atoms with Crippen molar-refractivity contribution in [2.24, 2.45) is 0 Å². The van der Waals surface area contributed by atoms with E-state index in [1.54, 1.807) is 13.3 Å². The van der Waals surface area contributed by atoms with Gasteiger partial charge in [0, 0.05) is 13.7 Å². The number of hydrogen-bond donors (Lipinski definition) is 1. The summed E-state index contributed by atoms with van der Waals surface area (Å²) in [6.45, 7) is 3.43. The lowest BCUT2D eigenvalue weighted by Crippen LogP contribution is -2.24. The summed E-state index contributed by atoms with van der Waals surface area (Å²) in [6, 6.07) is 0.0925. The van der Waals surface area contributed by atoms with E-state index in [9.17, 15) is 0 Å². The smallest absolute Gasteiger partial charge is 0.0835 e. The lowest BCUT2D eigenvalue weighted by Gasteiger charge is -2.16. The Kier molecular flexibility index (Phi) is 4.38. The minimum Gasteiger partial charge on any atom is -0.383 e. The number of halogens is 1. The van der Waals surface area contributed by atoms with Gasteiger partial charge in [0.15, 0.2) is 0 Å². The zero-order valence-electron chi connectivity index (χ0n) is 8.75. The van der Waals surface area contributed by atoms with Crippen LogP contribution in [0.3, 0.4) is 0 Å². The van der Waals surface area contributed by atoms with Crippen LogP contribution in [0.1, 0.15) is 18.7 Å². The molecule has 0 aromatic carbocycles. The van der Waals surface area contributed by atoms with Gasteiger partial charge in [-0.3, -0.25) is 4.68 Å². The quantitative estimate of drug-likeness (QED) is 0.812. The number of likely N-dealkylation sites (N-methyl/N-ethyl adjacent to an activating group) is 1. The summed E-state index contributed by atoms with van der Waals surface area (Å²) in [5.74, 6) is 0. The van der Waals surface area contributed by atoms with Gasteiger partial charge in [0.2, 0.25) is 0 Å². The fraction of sp³-hybridized carbons (Fsp3) is 0.667. The molecule has 1 unspecified atom stereocenters. The van der Waals surface area contributed by atoms with Crippen molar-refractivity contribution in [1.29, 1.82) is 0 Å². The molecule has 1 heterocycles. The first-order valence-corrected chi connectivity index (χ1v) is 4.99. The Morgan fingerprint density at radius 3 is 2.93 bits per heavy atom. The topological polar surface area (TPSA) is 39.1 Å². The Morgan fingerprint density at radius 1 is 1.71 bits per heavy atom. The molecule has 80 valence electrons. The number of methoxy groups -OCH3 is 1. The molecular formula is C9H16ClN3O. The highest BCUT2D eigenvalue weighted by atomic mass is 35.5. The van der Waals surface area contributed by atoms with E-state index >= 15 is 0 Å². The lowest BCUT2D eigenvalue weighted by atomic mass is 10.2. The predicted molar refractivity (Wildman–Crippen MR) is 56.6 cm³/mol. The van der Waals surface area contributed by atoms with Gasteiger partial charge in [0.25, 0.3) is 0 Å². The third-order valence-electron chi connectivity index (χ3n) is 2.14. The van der Waals surface area contributed by atoms with Crippen LogP contribution in [0, 0.1) is 0 Å². The van der Waals surface area contributed by atoms with Crippen LogP contribution >= 0.6 is 11.6 Å². The second-order valence-electron chi connectivity index (χ2n) is 2.99. The minimum atomic E-state index is 0.0925. The highest BCUT2D eigenvalue weighted by Crippen LogP contribution is 2.22. The Morgan fingerprint density at radius 2 is 2.43 bits per heavy atom. The first-order chi connectivity index (χ1) is 6.74. The van der Waals surface area contributed by atoms with Crippen LogP contribution in [0.15, 0.2) is 6.20 Å². The third kappa shape index (κ3) is 2.26. The molecule has 14 heavy (non-hydrogen) atoms. The van der Waals surface area contributed by atoms with Gasteiger partial charge in [-0.2, -0.15) is 5.10 Å². The molecular weight excluding hydrogens is 202 g/mol. The first-order valence-electron chi connectivity index (χ1n) is 4.62. The van der Waals surface area contributed by atoms with Gasteiger partial charge in [-0.25, -0.2) is 0 Å². The number of aromatic nitrogens is 2. The lowest BCUT2D eigenvalue weighted by molar-refractivity contribution is 0.167. The summed E-state index contributed by atoms with van der Waals surface area (Å²) in [6.07, 6.45) is 1.67. The molecule has 5 heteroatoms. The van der Waals surface area contributed by atoms with E-state index in [4.69, 9.17) is 16.3 Å². The molecule has 1 aromatic heterocycles. The average molecular weight is 218 g/mol. The van der Waals surface area contributed by atoms with Crippen molar-refractivity contribution in [3.05, 3.63) is 16.9 Å². The van der Waals surface area contributed by atoms with Crippen molar-refractivity contribution >= 4 is 11.6 Å². The average Bonchev–Trinajstić information content (AvgIpc) is 2.56. The molecule has 0 spiro atoms. The molecule has 0 aliphatic heterocycles. The number of hydrogen-bond acceptors (Lipinski definition) is 3. The van der Waals surface area contributed by atoms with Crippen molar-refractivity contribution in [2.45, 2.75) is 19.5 Å². The van der Waals surface area contributed by atoms with Crippen LogP contribution in [-0.2, 0) is 11.3 Å². The summed E-state index contributed by atoms with van der Waals surface area (Å²) in [5.41, 5.74) is 0.985. The van der Waals surface area contributed by atoms with Crippen LogP contribution < -0.4 is 5.32 Å². The van der Waals surface area contributed by atoms with Crippen molar-refractivity contribution in [2.75, 3.05) is 20.8 Å². The van der Waals surface area contributed by atoms with E-state index in [2.05, 4.69) is 10.4 Å². The molecule has 4 nitrogen and oxygen atoms in total. The third-order valence-corrected chi connectivity index (χ3v) is 2.44. The monoisotopic (exact) mass is 217 g/mol. The maximum absolute atomic E-state index is 6.05. The van der Waals surface area contributed by atoms with Crippen molar-refractivity contribution in [1.82, 2.24) is 15.1 Å². The van der Waals surface area contributed by atoms with Crippen molar-refractivity contribution < 1.29 is 4.74 Å². The highest BCUT2D eigenvalue weighted by molar-refractivity contribution is 6.31. The van der Waals surface area contributed by atoms with Crippen LogP contribution in [0.5, 0.6) is 0 Å². The minimum absolute atomic E-state index is 0.0925. The summed E-state index contributed by atoms with van der Waals surface area (Å²) >= 11 is 6.05. The number of rotatable bonds is 5. The van der Waals surface area contributed by atoms with Gasteiger partial charge in [-0.15, -0.1) is 0 Å². The molecule has 0 bridgehead atoms. The second-order valence-corrected chi connectivity index (χ2v) is 3.40. The standard InChI is InChI=1S/C9H16ClN3O/c1-4-13-9(7(10)5-12-13)8(11-2)6-14-3/h5,8,11H,4,6H2,1-3H3. The van der Waals surface area contributed by atoms with Crippen LogP contribution in [0.25, 0.3) is 0 Å². The van der Waals surface area contributed by atoms with Gasteiger partial charge in [0.05, 0.1) is 29.6 Å². The Bertz CT molecular complexity index is 288. The molecule has 1 N–H and O–H groups in total. The van der Waals surface area contributed by atoms with Crippen LogP contribution in [-0.4, -0.2) is 30.5 Å². The Balaban J connectivity index is 2.94. The van der Waals surface area contributed by atoms with Crippen LogP contribution in [0.2, 0.25) is 5.02 Å². The molecule has 1 atom stereocenters. The normalized spacial score (nSPS) is 13.1. The second kappa shape index (κ2) is 5.34. The zero-order valence-corrected chi connectivity index (χ0v) is 9.51. The Hall–Kier alpha value is -0.580. The number of ether oxygens (including phenoxy) is 1. The molecule has 0 saturated carbocycles. The number of nitrogens with one attached hydrogen (secondary N) is 1. The molecule has 0 aliphatic carbocycles. The van der Waals surface area contributed by atoms with Gasteiger partial charge >= 0.3 is 0 Å². The van der Waals surface area contributed by atoms with E-state index in [1.165, 1.54) is 0 Å². The van der Waals surface area contributed by atoms with Gasteiger partial charge in [-0.1, -0.05) is 11.6 Å². The van der Waals surface area contributed by atoms with Gasteiger partial charge in [0.1, 0.15) is 0 Å². The molecule has 0 saturated heterocycles. The van der Waals surface area contributed by atoms with Crippen LogP contribution in [0.4, 0.5) is 0 Å². The molecule has 0 amide bonds. The maximum atomic E-state index is 6.05. The van der Waals surface area contributed by atoms with Crippen molar-refractivity contribution in [3.63, 3.8) is 0 Å². The fourth-order valence-corrected chi connectivity index (χ4v) is 1.71. The predicted octanol–water partition coefficient (Wildman–Crippen LogP) is 1.46. The van der Waals surface area contributed by atoms with E-state index in [0.29, 0.717) is 11.6 Å². The van der Waals surface area contributed by atoms with E-state index < -0.39 is 0 Å². The molecule has 1 rings (SSSR count). The maximum Gasteiger partial charge on any atom is 0.0835 e. The number of nitrogens with zero attached hydrogens (tertiary/aromatic N) is 2.